The summed E-state index contributed by atoms with van der Waals surface area (Å²) in [5, 5.41) is 12.2. The molecule has 4 saturated heterocycles. The number of nitrogens with one attached hydrogen (secondary N) is 1. The SMILES string of the molecule is CCC(C)(CC(=O)Nc1ccc(C2N3CC4(C)CN2CC(C)(C3)C4=O)cc1)C(=O)O. The first-order valence-electron chi connectivity index (χ1n) is 10.7. The van der Waals surface area contributed by atoms with Crippen molar-refractivity contribution in [1.29, 1.82) is 0 Å². The standard InChI is InChI=1S/C23H31N3O4/c1-5-21(2,20(29)30)10-17(27)24-16-8-6-15(7-9-16)18-25-11-22(3)12-26(18)14-23(4,13-25)19(22)28/h6-9,18H,5,10-14H2,1-4H3,(H,24,27)(H,29,30). The summed E-state index contributed by atoms with van der Waals surface area (Å²) < 4.78 is 0. The predicted octanol–water partition coefficient (Wildman–Crippen LogP) is 2.74. The molecule has 1 aromatic carbocycles. The minimum Gasteiger partial charge on any atom is -0.481 e. The number of carboxylic acids is 1. The zero-order valence-corrected chi connectivity index (χ0v) is 18.2. The Morgan fingerprint density at radius 2 is 1.60 bits per heavy atom. The summed E-state index contributed by atoms with van der Waals surface area (Å²) >= 11 is 0. The molecular formula is C23H31N3O4. The number of nitrogens with zero attached hydrogens (tertiary/aromatic N) is 2. The van der Waals surface area contributed by atoms with Crippen LogP contribution in [0.2, 0.25) is 0 Å². The average molecular weight is 414 g/mol. The largest absolute Gasteiger partial charge is 0.481 e. The lowest BCUT2D eigenvalue weighted by atomic mass is 9.62. The van der Waals surface area contributed by atoms with Crippen molar-refractivity contribution in [3.63, 3.8) is 0 Å². The third-order valence-corrected chi connectivity index (χ3v) is 7.34. The molecule has 1 amide bonds. The lowest BCUT2D eigenvalue weighted by Crippen LogP contribution is -2.75. The number of benzene rings is 1. The zero-order valence-electron chi connectivity index (χ0n) is 18.2. The molecule has 0 spiro atoms. The predicted molar refractivity (Wildman–Crippen MR) is 113 cm³/mol. The number of piperidine rings is 2. The maximum atomic E-state index is 12.8. The van der Waals surface area contributed by atoms with Crippen molar-refractivity contribution >= 4 is 23.3 Å². The number of amides is 1. The third kappa shape index (κ3) is 3.24. The molecule has 0 saturated carbocycles. The van der Waals surface area contributed by atoms with E-state index < -0.39 is 11.4 Å². The number of rotatable bonds is 6. The van der Waals surface area contributed by atoms with Gasteiger partial charge < -0.3 is 10.4 Å². The van der Waals surface area contributed by atoms with E-state index in [4.69, 9.17) is 0 Å². The fraction of sp³-hybridized carbons (Fsp3) is 0.609. The summed E-state index contributed by atoms with van der Waals surface area (Å²) in [6.45, 7) is 10.7. The number of carbonyl (C=O) groups excluding carboxylic acids is 2. The van der Waals surface area contributed by atoms with Crippen LogP contribution in [0.1, 0.15) is 52.3 Å². The van der Waals surface area contributed by atoms with Crippen LogP contribution in [0.15, 0.2) is 24.3 Å². The summed E-state index contributed by atoms with van der Waals surface area (Å²) in [6.07, 6.45) is 0.484. The fourth-order valence-corrected chi connectivity index (χ4v) is 5.67. The summed E-state index contributed by atoms with van der Waals surface area (Å²) in [5.74, 6) is -0.850. The number of ketones is 1. The Morgan fingerprint density at radius 3 is 2.03 bits per heavy atom. The molecule has 1 unspecified atom stereocenters. The van der Waals surface area contributed by atoms with Crippen LogP contribution in [0, 0.1) is 16.2 Å². The number of hydrogen-bond acceptors (Lipinski definition) is 5. The van der Waals surface area contributed by atoms with Gasteiger partial charge in [0.2, 0.25) is 5.91 Å². The molecule has 162 valence electrons. The molecule has 0 aromatic heterocycles. The van der Waals surface area contributed by atoms with E-state index in [-0.39, 0.29) is 29.3 Å². The Balaban J connectivity index is 1.46. The molecule has 7 nitrogen and oxygen atoms in total. The molecule has 4 heterocycles. The van der Waals surface area contributed by atoms with Crippen molar-refractivity contribution in [1.82, 2.24) is 9.80 Å². The monoisotopic (exact) mass is 413 g/mol. The molecule has 1 aromatic rings. The highest BCUT2D eigenvalue weighted by Gasteiger charge is 2.62. The first-order valence-corrected chi connectivity index (χ1v) is 10.7. The molecule has 0 aliphatic carbocycles. The number of carboxylic acid groups (broad SMARTS) is 1. The van der Waals surface area contributed by atoms with E-state index in [2.05, 4.69) is 29.0 Å². The van der Waals surface area contributed by atoms with Crippen molar-refractivity contribution < 1.29 is 19.5 Å². The Labute approximate surface area is 177 Å². The maximum Gasteiger partial charge on any atom is 0.309 e. The van der Waals surface area contributed by atoms with E-state index in [0.717, 1.165) is 31.7 Å². The molecule has 30 heavy (non-hydrogen) atoms. The van der Waals surface area contributed by atoms with Crippen LogP contribution in [0.4, 0.5) is 5.69 Å². The fourth-order valence-electron chi connectivity index (χ4n) is 5.67. The van der Waals surface area contributed by atoms with Crippen molar-refractivity contribution in [3.8, 4) is 0 Å². The lowest BCUT2D eigenvalue weighted by Gasteiger charge is -2.64. The maximum absolute atomic E-state index is 12.8. The van der Waals surface area contributed by atoms with Gasteiger partial charge in [-0.15, -0.1) is 0 Å². The average Bonchev–Trinajstić information content (AvgIpc) is 2.66. The van der Waals surface area contributed by atoms with E-state index in [1.54, 1.807) is 13.8 Å². The molecule has 0 radical (unpaired) electrons. The second-order valence-corrected chi connectivity index (χ2v) is 10.2. The number of anilines is 1. The van der Waals surface area contributed by atoms with Gasteiger partial charge in [0.25, 0.3) is 0 Å². The van der Waals surface area contributed by atoms with E-state index >= 15 is 0 Å². The second kappa shape index (κ2) is 6.89. The van der Waals surface area contributed by atoms with Gasteiger partial charge in [0.05, 0.1) is 22.4 Å². The normalized spacial score (nSPS) is 36.4. The Kier molecular flexibility index (Phi) is 4.82. The Bertz CT molecular complexity index is 856. The third-order valence-electron chi connectivity index (χ3n) is 7.34. The zero-order chi connectivity index (χ0) is 21.9. The van der Waals surface area contributed by atoms with Crippen LogP contribution in [0.3, 0.4) is 0 Å². The van der Waals surface area contributed by atoms with Crippen LogP contribution in [-0.2, 0) is 14.4 Å². The molecule has 7 heteroatoms. The molecule has 2 N–H and O–H groups in total. The number of hydrogen-bond donors (Lipinski definition) is 2. The Hall–Kier alpha value is -2.25. The molecule has 4 aliphatic heterocycles. The van der Waals surface area contributed by atoms with Crippen molar-refractivity contribution in [2.24, 2.45) is 16.2 Å². The van der Waals surface area contributed by atoms with Gasteiger partial charge in [-0.3, -0.25) is 24.2 Å². The smallest absolute Gasteiger partial charge is 0.309 e. The molecule has 5 rings (SSSR count). The summed E-state index contributed by atoms with van der Waals surface area (Å²) in [7, 11) is 0. The minimum atomic E-state index is -1.06. The van der Waals surface area contributed by atoms with Crippen molar-refractivity contribution in [2.45, 2.75) is 46.7 Å². The van der Waals surface area contributed by atoms with Gasteiger partial charge in [0, 0.05) is 38.3 Å². The van der Waals surface area contributed by atoms with E-state index in [1.807, 2.05) is 24.3 Å². The molecule has 4 fully saturated rings. The van der Waals surface area contributed by atoms with E-state index in [0.29, 0.717) is 17.9 Å². The summed E-state index contributed by atoms with van der Waals surface area (Å²) in [5.41, 5.74) is 0.178. The van der Waals surface area contributed by atoms with Crippen LogP contribution in [0.25, 0.3) is 0 Å². The van der Waals surface area contributed by atoms with Gasteiger partial charge >= 0.3 is 5.97 Å². The number of carbonyl (C=O) groups is 3. The molecule has 4 bridgehead atoms. The Morgan fingerprint density at radius 1 is 1.10 bits per heavy atom. The molecular weight excluding hydrogens is 382 g/mol. The van der Waals surface area contributed by atoms with Gasteiger partial charge in [0.1, 0.15) is 5.78 Å². The summed E-state index contributed by atoms with van der Waals surface area (Å²) in [6, 6.07) is 7.79. The van der Waals surface area contributed by atoms with Crippen LogP contribution >= 0.6 is 0 Å². The van der Waals surface area contributed by atoms with E-state index in [9.17, 15) is 19.5 Å². The molecule has 4 aliphatic rings. The van der Waals surface area contributed by atoms with Crippen LogP contribution in [0.5, 0.6) is 0 Å². The van der Waals surface area contributed by atoms with Gasteiger partial charge in [0.15, 0.2) is 0 Å². The van der Waals surface area contributed by atoms with Crippen LogP contribution in [-0.4, -0.2) is 58.7 Å². The van der Waals surface area contributed by atoms with Crippen molar-refractivity contribution in [2.75, 3.05) is 31.5 Å². The van der Waals surface area contributed by atoms with Gasteiger partial charge in [-0.25, -0.2) is 0 Å². The minimum absolute atomic E-state index is 0.0596. The highest BCUT2D eigenvalue weighted by Crippen LogP contribution is 2.51. The second-order valence-electron chi connectivity index (χ2n) is 10.2. The van der Waals surface area contributed by atoms with Gasteiger partial charge in [-0.1, -0.05) is 32.9 Å². The topological polar surface area (TPSA) is 90.0 Å². The number of Topliss-reactive ketones (excluding diaryl/α,β-unsaturated/α-hetero) is 1. The highest BCUT2D eigenvalue weighted by molar-refractivity contribution is 5.94. The van der Waals surface area contributed by atoms with E-state index in [1.165, 1.54) is 0 Å². The van der Waals surface area contributed by atoms with Gasteiger partial charge in [-0.2, -0.15) is 0 Å². The van der Waals surface area contributed by atoms with Crippen LogP contribution < -0.4 is 5.32 Å². The van der Waals surface area contributed by atoms with Gasteiger partial charge in [-0.05, 0) is 31.0 Å². The molecule has 1 atom stereocenters. The number of aliphatic carboxylic acids is 1. The first kappa shape index (κ1) is 21.0. The first-order chi connectivity index (χ1) is 14.0. The summed E-state index contributed by atoms with van der Waals surface area (Å²) in [4.78, 5) is 41.4. The lowest BCUT2D eigenvalue weighted by molar-refractivity contribution is -0.197. The highest BCUT2D eigenvalue weighted by atomic mass is 16.4. The quantitative estimate of drug-likeness (QED) is 0.745. The van der Waals surface area contributed by atoms with Crippen molar-refractivity contribution in [3.05, 3.63) is 29.8 Å².